The minimum absolute atomic E-state index is 0.106. The second kappa shape index (κ2) is 5.64. The van der Waals surface area contributed by atoms with Crippen LogP contribution in [0, 0.1) is 12.7 Å². The largest absolute Gasteiger partial charge is 0.414 e. The molecule has 0 N–H and O–H groups in total. The summed E-state index contributed by atoms with van der Waals surface area (Å²) in [6.45, 7) is 13.3. The Labute approximate surface area is 143 Å². The third-order valence-electron chi connectivity index (χ3n) is 5.64. The lowest BCUT2D eigenvalue weighted by atomic mass is 9.75. The Morgan fingerprint density at radius 2 is 1.96 bits per heavy atom. The Morgan fingerprint density at radius 1 is 1.30 bits per heavy atom. The number of nitrogens with zero attached hydrogens (tertiary/aromatic N) is 1. The maximum absolute atomic E-state index is 14.2. The highest BCUT2D eigenvalue weighted by Gasteiger charge is 2.43. The molecule has 0 atom stereocenters. The average molecular weight is 352 g/mol. The molecule has 23 heavy (non-hydrogen) atoms. The van der Waals surface area contributed by atoms with Crippen molar-refractivity contribution in [2.24, 2.45) is 0 Å². The van der Waals surface area contributed by atoms with E-state index >= 15 is 0 Å². The standard InChI is InChI=1S/C18H26FNOSSi/c1-11-14(19)9-15-17(20-10-22-15)16(11)12-7-13(8-12)21-23(5,6)18(2,3)4/h9-10,12-13H,7-8H2,1-6H3. The zero-order valence-electron chi connectivity index (χ0n) is 14.9. The molecule has 0 unspecified atom stereocenters. The lowest BCUT2D eigenvalue weighted by Gasteiger charge is -2.45. The van der Waals surface area contributed by atoms with Gasteiger partial charge in [0.15, 0.2) is 8.32 Å². The predicted molar refractivity (Wildman–Crippen MR) is 98.4 cm³/mol. The fraction of sp³-hybridized carbons (Fsp3) is 0.611. The fourth-order valence-corrected chi connectivity index (χ4v) is 5.18. The molecule has 0 radical (unpaired) electrons. The van der Waals surface area contributed by atoms with E-state index in [0.717, 1.165) is 34.2 Å². The normalized spacial score (nSPS) is 22.4. The molecule has 2 aromatic rings. The van der Waals surface area contributed by atoms with Gasteiger partial charge in [-0.25, -0.2) is 9.37 Å². The maximum Gasteiger partial charge on any atom is 0.192 e. The van der Waals surface area contributed by atoms with E-state index in [9.17, 15) is 4.39 Å². The minimum atomic E-state index is -1.72. The highest BCUT2D eigenvalue weighted by Crippen LogP contribution is 2.47. The van der Waals surface area contributed by atoms with Gasteiger partial charge in [-0.15, -0.1) is 11.3 Å². The lowest BCUT2D eigenvalue weighted by molar-refractivity contribution is 0.0842. The van der Waals surface area contributed by atoms with Crippen LogP contribution in [0.2, 0.25) is 18.1 Å². The highest BCUT2D eigenvalue weighted by atomic mass is 32.1. The van der Waals surface area contributed by atoms with E-state index in [1.165, 1.54) is 11.3 Å². The van der Waals surface area contributed by atoms with Crippen molar-refractivity contribution in [1.82, 2.24) is 4.98 Å². The molecule has 1 aliphatic rings. The summed E-state index contributed by atoms with van der Waals surface area (Å²) in [6.07, 6.45) is 2.30. The van der Waals surface area contributed by atoms with Gasteiger partial charge < -0.3 is 4.43 Å². The molecule has 1 aromatic carbocycles. The van der Waals surface area contributed by atoms with E-state index in [2.05, 4.69) is 38.8 Å². The van der Waals surface area contributed by atoms with Crippen molar-refractivity contribution in [3.05, 3.63) is 28.5 Å². The summed E-state index contributed by atoms with van der Waals surface area (Å²) in [4.78, 5) is 4.48. The molecular weight excluding hydrogens is 325 g/mol. The summed E-state index contributed by atoms with van der Waals surface area (Å²) in [7, 11) is -1.72. The van der Waals surface area contributed by atoms with Crippen molar-refractivity contribution in [2.75, 3.05) is 0 Å². The zero-order chi connectivity index (χ0) is 17.0. The second-order valence-corrected chi connectivity index (χ2v) is 13.9. The molecule has 126 valence electrons. The number of aromatic nitrogens is 1. The van der Waals surface area contributed by atoms with Gasteiger partial charge in [0.25, 0.3) is 0 Å². The summed E-state index contributed by atoms with van der Waals surface area (Å²) >= 11 is 1.52. The van der Waals surface area contributed by atoms with Crippen LogP contribution >= 0.6 is 11.3 Å². The Balaban J connectivity index is 1.78. The monoisotopic (exact) mass is 351 g/mol. The van der Waals surface area contributed by atoms with Crippen molar-refractivity contribution in [3.63, 3.8) is 0 Å². The van der Waals surface area contributed by atoms with Gasteiger partial charge in [0.1, 0.15) is 5.82 Å². The van der Waals surface area contributed by atoms with E-state index in [1.54, 1.807) is 6.07 Å². The Hall–Kier alpha value is -0.783. The summed E-state index contributed by atoms with van der Waals surface area (Å²) in [6, 6.07) is 1.62. The molecule has 1 fully saturated rings. The van der Waals surface area contributed by atoms with Crippen molar-refractivity contribution in [1.29, 1.82) is 0 Å². The van der Waals surface area contributed by atoms with Crippen LogP contribution in [0.3, 0.4) is 0 Å². The average Bonchev–Trinajstić information content (AvgIpc) is 2.82. The van der Waals surface area contributed by atoms with Gasteiger partial charge in [-0.1, -0.05) is 20.8 Å². The highest BCUT2D eigenvalue weighted by molar-refractivity contribution is 7.16. The van der Waals surface area contributed by atoms with Crippen molar-refractivity contribution >= 4 is 29.9 Å². The first kappa shape index (κ1) is 17.1. The van der Waals surface area contributed by atoms with Gasteiger partial charge in [-0.3, -0.25) is 0 Å². The van der Waals surface area contributed by atoms with Crippen LogP contribution in [0.1, 0.15) is 50.7 Å². The zero-order valence-corrected chi connectivity index (χ0v) is 16.7. The predicted octanol–water partition coefficient (Wildman–Crippen LogP) is 6.01. The lowest BCUT2D eigenvalue weighted by Crippen LogP contribution is -2.47. The number of hydrogen-bond donors (Lipinski definition) is 0. The van der Waals surface area contributed by atoms with Gasteiger partial charge in [0.05, 0.1) is 15.7 Å². The quantitative estimate of drug-likeness (QED) is 0.632. The maximum atomic E-state index is 14.2. The van der Waals surface area contributed by atoms with E-state index < -0.39 is 8.32 Å². The molecule has 0 saturated heterocycles. The Kier molecular flexibility index (Phi) is 4.18. The Bertz CT molecular complexity index is 728. The van der Waals surface area contributed by atoms with Crippen molar-refractivity contribution in [2.45, 2.75) is 70.7 Å². The van der Waals surface area contributed by atoms with Crippen LogP contribution in [0.5, 0.6) is 0 Å². The molecule has 2 nitrogen and oxygen atoms in total. The molecule has 1 aliphatic carbocycles. The molecule has 0 amide bonds. The van der Waals surface area contributed by atoms with Gasteiger partial charge in [0, 0.05) is 6.10 Å². The number of hydrogen-bond acceptors (Lipinski definition) is 3. The number of thiazole rings is 1. The molecule has 1 aromatic heterocycles. The molecule has 1 saturated carbocycles. The number of benzene rings is 1. The van der Waals surface area contributed by atoms with Gasteiger partial charge in [-0.2, -0.15) is 0 Å². The van der Waals surface area contributed by atoms with Crippen molar-refractivity contribution < 1.29 is 8.82 Å². The number of halogens is 1. The number of fused-ring (bicyclic) bond motifs is 1. The smallest absolute Gasteiger partial charge is 0.192 e. The summed E-state index contributed by atoms with van der Waals surface area (Å²) in [5.41, 5.74) is 4.68. The van der Waals surface area contributed by atoms with Crippen LogP contribution in [0.25, 0.3) is 10.2 Å². The third kappa shape index (κ3) is 2.99. The molecule has 1 heterocycles. The molecular formula is C18H26FNOSSi. The Morgan fingerprint density at radius 3 is 2.57 bits per heavy atom. The SMILES string of the molecule is Cc1c(F)cc2scnc2c1C1CC(O[Si](C)(C)C(C)(C)C)C1. The third-order valence-corrected chi connectivity index (χ3v) is 11.0. The summed E-state index contributed by atoms with van der Waals surface area (Å²) < 4.78 is 21.6. The van der Waals surface area contributed by atoms with Crippen LogP contribution in [0.4, 0.5) is 4.39 Å². The first-order valence-electron chi connectivity index (χ1n) is 8.30. The molecule has 0 aliphatic heterocycles. The van der Waals surface area contributed by atoms with Crippen LogP contribution in [-0.2, 0) is 4.43 Å². The van der Waals surface area contributed by atoms with E-state index in [4.69, 9.17) is 4.43 Å². The van der Waals surface area contributed by atoms with Gasteiger partial charge in [0.2, 0.25) is 0 Å². The summed E-state index contributed by atoms with van der Waals surface area (Å²) in [5.74, 6) is 0.274. The molecule has 0 spiro atoms. The van der Waals surface area contributed by atoms with E-state index in [0.29, 0.717) is 12.0 Å². The van der Waals surface area contributed by atoms with Crippen LogP contribution in [0.15, 0.2) is 11.6 Å². The fourth-order valence-electron chi connectivity index (χ4n) is 3.08. The molecule has 5 heteroatoms. The van der Waals surface area contributed by atoms with Crippen molar-refractivity contribution in [3.8, 4) is 0 Å². The molecule has 0 bridgehead atoms. The number of rotatable bonds is 3. The first-order valence-corrected chi connectivity index (χ1v) is 12.1. The second-order valence-electron chi connectivity index (χ2n) is 8.26. The topological polar surface area (TPSA) is 22.1 Å². The van der Waals surface area contributed by atoms with E-state index in [1.807, 2.05) is 12.4 Å². The van der Waals surface area contributed by atoms with Crippen LogP contribution < -0.4 is 0 Å². The van der Waals surface area contributed by atoms with E-state index in [-0.39, 0.29) is 10.9 Å². The molecule has 3 rings (SSSR count). The minimum Gasteiger partial charge on any atom is -0.414 e. The summed E-state index contributed by atoms with van der Waals surface area (Å²) in [5, 5.41) is 0.231. The van der Waals surface area contributed by atoms with Crippen LogP contribution in [-0.4, -0.2) is 19.4 Å². The van der Waals surface area contributed by atoms with Gasteiger partial charge in [-0.05, 0) is 61.0 Å². The first-order chi connectivity index (χ1) is 10.6. The van der Waals surface area contributed by atoms with Gasteiger partial charge >= 0.3 is 0 Å².